The number of pyridine rings is 1. The van der Waals surface area contributed by atoms with Gasteiger partial charge in [-0.25, -0.2) is 0 Å². The maximum absolute atomic E-state index is 11.1. The van der Waals surface area contributed by atoms with Crippen molar-refractivity contribution >= 4 is 10.9 Å². The lowest BCUT2D eigenvalue weighted by molar-refractivity contribution is -0.950. The van der Waals surface area contributed by atoms with E-state index in [1.807, 2.05) is 30.5 Å². The van der Waals surface area contributed by atoms with Crippen LogP contribution in [-0.4, -0.2) is 29.2 Å². The molecule has 3 aliphatic heterocycles. The highest BCUT2D eigenvalue weighted by Gasteiger charge is 2.46. The molecule has 3 saturated heterocycles. The first-order valence-corrected chi connectivity index (χ1v) is 8.64. The van der Waals surface area contributed by atoms with Gasteiger partial charge in [-0.3, -0.25) is 4.98 Å². The zero-order valence-electron chi connectivity index (χ0n) is 13.2. The van der Waals surface area contributed by atoms with Gasteiger partial charge in [0.05, 0.1) is 18.6 Å². The Labute approximate surface area is 132 Å². The number of para-hydroxylation sites is 1. The summed E-state index contributed by atoms with van der Waals surface area (Å²) in [6, 6.07) is 10.5. The molecule has 0 saturated carbocycles. The molecule has 116 valence electrons. The van der Waals surface area contributed by atoms with Gasteiger partial charge in [-0.2, -0.15) is 0 Å². The summed E-state index contributed by atoms with van der Waals surface area (Å²) in [7, 11) is 0. The smallest absolute Gasteiger partial charge is 0.131 e. The Balaban J connectivity index is 1.66. The number of quaternary nitrogens is 1. The summed E-state index contributed by atoms with van der Waals surface area (Å²) >= 11 is 0. The van der Waals surface area contributed by atoms with Crippen molar-refractivity contribution in [2.75, 3.05) is 13.1 Å². The van der Waals surface area contributed by atoms with E-state index in [0.29, 0.717) is 6.04 Å². The normalized spacial score (nSPS) is 32.3. The third-order valence-corrected chi connectivity index (χ3v) is 6.02. The molecular weight excluding hydrogens is 272 g/mol. The van der Waals surface area contributed by atoms with Gasteiger partial charge in [-0.15, -0.1) is 0 Å². The molecule has 2 N–H and O–H groups in total. The van der Waals surface area contributed by atoms with E-state index in [0.717, 1.165) is 28.3 Å². The third kappa shape index (κ3) is 2.24. The number of benzene rings is 1. The number of rotatable bonds is 3. The molecule has 22 heavy (non-hydrogen) atoms. The van der Waals surface area contributed by atoms with Crippen molar-refractivity contribution in [2.45, 2.75) is 38.3 Å². The fraction of sp³-hybridized carbons (Fsp3) is 0.526. The Hall–Kier alpha value is -1.45. The van der Waals surface area contributed by atoms with Crippen LogP contribution >= 0.6 is 0 Å². The average Bonchev–Trinajstić information content (AvgIpc) is 2.60. The van der Waals surface area contributed by atoms with Crippen molar-refractivity contribution in [1.29, 1.82) is 0 Å². The third-order valence-electron chi connectivity index (χ3n) is 6.02. The van der Waals surface area contributed by atoms with Gasteiger partial charge in [0.15, 0.2) is 0 Å². The van der Waals surface area contributed by atoms with Crippen molar-refractivity contribution in [2.24, 2.45) is 11.8 Å². The first-order chi connectivity index (χ1) is 10.8. The number of piperidine rings is 3. The molecule has 1 aromatic heterocycles. The van der Waals surface area contributed by atoms with Gasteiger partial charge in [0.25, 0.3) is 0 Å². The SMILES string of the molecule is CC[C@@H]1C[NH+]2CC[C@@H]1C[C@@H]2[C@H](O)c1ccnc2ccccc12. The molecular formula is C19H25N2O+. The number of hydrogen-bond donors (Lipinski definition) is 2. The lowest BCUT2D eigenvalue weighted by Gasteiger charge is -2.48. The topological polar surface area (TPSA) is 37.6 Å². The fourth-order valence-corrected chi connectivity index (χ4v) is 4.77. The van der Waals surface area contributed by atoms with Crippen LogP contribution in [0.15, 0.2) is 36.5 Å². The quantitative estimate of drug-likeness (QED) is 0.909. The monoisotopic (exact) mass is 297 g/mol. The Kier molecular flexibility index (Phi) is 3.63. The molecule has 4 heterocycles. The van der Waals surface area contributed by atoms with E-state index in [2.05, 4.69) is 18.0 Å². The van der Waals surface area contributed by atoms with Crippen LogP contribution in [0.2, 0.25) is 0 Å². The second kappa shape index (κ2) is 5.64. The minimum atomic E-state index is -0.372. The van der Waals surface area contributed by atoms with Crippen molar-refractivity contribution < 1.29 is 10.0 Å². The summed E-state index contributed by atoms with van der Waals surface area (Å²) in [4.78, 5) is 6.04. The Morgan fingerprint density at radius 3 is 2.95 bits per heavy atom. The summed E-state index contributed by atoms with van der Waals surface area (Å²) < 4.78 is 0. The van der Waals surface area contributed by atoms with Crippen LogP contribution in [0.5, 0.6) is 0 Å². The van der Waals surface area contributed by atoms with Gasteiger partial charge in [-0.05, 0) is 30.0 Å². The minimum Gasteiger partial charge on any atom is -0.382 e. The van der Waals surface area contributed by atoms with Gasteiger partial charge >= 0.3 is 0 Å². The maximum Gasteiger partial charge on any atom is 0.131 e. The van der Waals surface area contributed by atoms with Crippen molar-refractivity contribution in [1.82, 2.24) is 4.98 Å². The summed E-state index contributed by atoms with van der Waals surface area (Å²) in [5.74, 6) is 1.68. The summed E-state index contributed by atoms with van der Waals surface area (Å²) in [6.07, 6.45) is 5.26. The van der Waals surface area contributed by atoms with Gasteiger partial charge in [-0.1, -0.05) is 25.1 Å². The molecule has 0 spiro atoms. The molecule has 5 rings (SSSR count). The van der Waals surface area contributed by atoms with Crippen LogP contribution in [0.1, 0.15) is 37.9 Å². The zero-order valence-corrected chi connectivity index (χ0v) is 13.2. The standard InChI is InChI=1S/C19H24N2O/c1-2-13-12-21-10-8-14(13)11-18(21)19(22)16-7-9-20-17-6-4-3-5-15(16)17/h3-7,9,13-14,18-19,22H,2,8,10-12H2,1H3/p+1/t13-,14-,18-,19-/m1/s1. The van der Waals surface area contributed by atoms with E-state index in [9.17, 15) is 5.11 Å². The van der Waals surface area contributed by atoms with E-state index in [-0.39, 0.29) is 6.10 Å². The second-order valence-electron chi connectivity index (χ2n) is 7.03. The Morgan fingerprint density at radius 2 is 2.18 bits per heavy atom. The van der Waals surface area contributed by atoms with E-state index in [1.165, 1.54) is 32.4 Å². The van der Waals surface area contributed by atoms with Crippen LogP contribution in [0, 0.1) is 11.8 Å². The molecule has 5 atom stereocenters. The number of fused-ring (bicyclic) bond motifs is 4. The minimum absolute atomic E-state index is 0.354. The fourth-order valence-electron chi connectivity index (χ4n) is 4.77. The van der Waals surface area contributed by atoms with Crippen LogP contribution in [0.4, 0.5) is 0 Å². The van der Waals surface area contributed by atoms with E-state index >= 15 is 0 Å². The van der Waals surface area contributed by atoms with Gasteiger partial charge in [0.1, 0.15) is 12.1 Å². The van der Waals surface area contributed by atoms with Crippen LogP contribution < -0.4 is 4.90 Å². The second-order valence-corrected chi connectivity index (χ2v) is 7.03. The molecule has 3 fully saturated rings. The van der Waals surface area contributed by atoms with Crippen LogP contribution in [0.25, 0.3) is 10.9 Å². The Bertz CT molecular complexity index is 666. The lowest BCUT2D eigenvalue weighted by atomic mass is 9.72. The lowest BCUT2D eigenvalue weighted by Crippen LogP contribution is -3.20. The molecule has 1 unspecified atom stereocenters. The maximum atomic E-state index is 11.1. The first-order valence-electron chi connectivity index (χ1n) is 8.64. The predicted octanol–water partition coefficient (Wildman–Crippen LogP) is 1.97. The number of aliphatic hydroxyl groups excluding tert-OH is 1. The first kappa shape index (κ1) is 14.2. The van der Waals surface area contributed by atoms with Crippen LogP contribution in [0.3, 0.4) is 0 Å². The largest absolute Gasteiger partial charge is 0.382 e. The zero-order chi connectivity index (χ0) is 15.1. The van der Waals surface area contributed by atoms with Crippen molar-refractivity contribution in [3.8, 4) is 0 Å². The molecule has 0 amide bonds. The summed E-state index contributed by atoms with van der Waals surface area (Å²) in [5.41, 5.74) is 2.04. The number of nitrogens with one attached hydrogen (secondary N) is 1. The molecule has 2 bridgehead atoms. The molecule has 0 radical (unpaired) electrons. The number of nitrogens with zero attached hydrogens (tertiary/aromatic N) is 1. The summed E-state index contributed by atoms with van der Waals surface area (Å²) in [6.45, 7) is 4.78. The average molecular weight is 297 g/mol. The highest BCUT2D eigenvalue weighted by molar-refractivity contribution is 5.82. The van der Waals surface area contributed by atoms with Gasteiger partial charge < -0.3 is 10.0 Å². The van der Waals surface area contributed by atoms with Crippen molar-refractivity contribution in [3.63, 3.8) is 0 Å². The summed E-state index contributed by atoms with van der Waals surface area (Å²) in [5, 5.41) is 12.2. The van der Waals surface area contributed by atoms with Crippen molar-refractivity contribution in [3.05, 3.63) is 42.1 Å². The highest BCUT2D eigenvalue weighted by atomic mass is 16.3. The number of hydrogen-bond acceptors (Lipinski definition) is 2. The molecule has 3 heteroatoms. The molecule has 3 aliphatic rings. The van der Waals surface area contributed by atoms with E-state index in [4.69, 9.17) is 0 Å². The van der Waals surface area contributed by atoms with Crippen LogP contribution in [-0.2, 0) is 0 Å². The van der Waals surface area contributed by atoms with Gasteiger partial charge in [0.2, 0.25) is 0 Å². The van der Waals surface area contributed by atoms with E-state index in [1.54, 1.807) is 4.90 Å². The highest BCUT2D eigenvalue weighted by Crippen LogP contribution is 2.34. The molecule has 2 aromatic rings. The molecule has 0 aliphatic carbocycles. The molecule has 1 aromatic carbocycles. The molecule has 3 nitrogen and oxygen atoms in total. The number of aliphatic hydroxyl groups is 1. The Morgan fingerprint density at radius 1 is 1.32 bits per heavy atom. The van der Waals surface area contributed by atoms with Gasteiger partial charge in [0, 0.05) is 30.3 Å². The van der Waals surface area contributed by atoms with E-state index < -0.39 is 0 Å². The number of aromatic nitrogens is 1. The predicted molar refractivity (Wildman–Crippen MR) is 87.7 cm³/mol.